The van der Waals surface area contributed by atoms with Gasteiger partial charge >= 0.3 is 0 Å². The van der Waals surface area contributed by atoms with Crippen LogP contribution in [0.1, 0.15) is 17.0 Å². The summed E-state index contributed by atoms with van der Waals surface area (Å²) >= 11 is 0. The van der Waals surface area contributed by atoms with Crippen LogP contribution in [0.25, 0.3) is 21.9 Å². The van der Waals surface area contributed by atoms with E-state index in [1.54, 1.807) is 0 Å². The molecule has 2 heteroatoms. The number of aryl methyl sites for hydroxylation is 3. The first-order chi connectivity index (χ1) is 10.6. The second-order valence-corrected chi connectivity index (χ2v) is 5.50. The first-order valence-corrected chi connectivity index (χ1v) is 7.41. The highest BCUT2D eigenvalue weighted by molar-refractivity contribution is 5.85. The smallest absolute Gasteiger partial charge is 0.192 e. The molecule has 0 saturated carbocycles. The Labute approximate surface area is 130 Å². The summed E-state index contributed by atoms with van der Waals surface area (Å²) in [7, 11) is 0. The Morgan fingerprint density at radius 1 is 0.818 bits per heavy atom. The molecule has 0 spiro atoms. The number of hydrogen-bond acceptors (Lipinski definition) is 2. The highest BCUT2D eigenvalue weighted by Crippen LogP contribution is 2.17. The molecule has 0 aliphatic heterocycles. The lowest BCUT2D eigenvalue weighted by atomic mass is 10.1. The van der Waals surface area contributed by atoms with E-state index in [4.69, 9.17) is 4.42 Å². The Morgan fingerprint density at radius 3 is 2.41 bits per heavy atom. The zero-order valence-corrected chi connectivity index (χ0v) is 13.1. The molecule has 0 fully saturated rings. The lowest BCUT2D eigenvalue weighted by Gasteiger charge is -1.98. The number of rotatable bonds is 0. The molecule has 0 amide bonds. The Hall–Kier alpha value is -2.61. The summed E-state index contributed by atoms with van der Waals surface area (Å²) in [5.74, 6) is 0.727. The largest absolute Gasteiger partial charge is 0.441 e. The number of fused-ring (bicyclic) bond motifs is 2. The van der Waals surface area contributed by atoms with Gasteiger partial charge in [-0.25, -0.2) is 4.98 Å². The van der Waals surface area contributed by atoms with Crippen LogP contribution >= 0.6 is 0 Å². The molecule has 0 aliphatic rings. The van der Waals surface area contributed by atoms with Gasteiger partial charge in [0.2, 0.25) is 0 Å². The van der Waals surface area contributed by atoms with Crippen molar-refractivity contribution in [2.75, 3.05) is 0 Å². The van der Waals surface area contributed by atoms with Crippen molar-refractivity contribution in [2.45, 2.75) is 20.8 Å². The van der Waals surface area contributed by atoms with E-state index in [0.717, 1.165) is 17.0 Å². The SMILES string of the molecule is Cc1ccc2oc(C)nc2c1.Cc1cccc2ccccc12. The van der Waals surface area contributed by atoms with Crippen molar-refractivity contribution in [2.24, 2.45) is 0 Å². The summed E-state index contributed by atoms with van der Waals surface area (Å²) in [6.45, 7) is 6.04. The second kappa shape index (κ2) is 6.02. The monoisotopic (exact) mass is 289 g/mol. The standard InChI is InChI=1S/C11H10.C9H9NO/c1-9-5-4-7-10-6-2-3-8-11(9)10;1-6-3-4-9-8(5-6)10-7(2)11-9/h2-8H,1H3;3-5H,1-2H3. The summed E-state index contributed by atoms with van der Waals surface area (Å²) in [5, 5.41) is 2.68. The van der Waals surface area contributed by atoms with Gasteiger partial charge < -0.3 is 4.42 Å². The third-order valence-corrected chi connectivity index (χ3v) is 3.66. The maximum Gasteiger partial charge on any atom is 0.192 e. The van der Waals surface area contributed by atoms with Crippen LogP contribution < -0.4 is 0 Å². The number of benzene rings is 3. The lowest BCUT2D eigenvalue weighted by molar-refractivity contribution is 0.561. The van der Waals surface area contributed by atoms with Gasteiger partial charge in [-0.05, 0) is 47.9 Å². The molecule has 0 bridgehead atoms. The topological polar surface area (TPSA) is 26.0 Å². The molecule has 0 aliphatic carbocycles. The second-order valence-electron chi connectivity index (χ2n) is 5.50. The van der Waals surface area contributed by atoms with Crippen molar-refractivity contribution in [3.05, 3.63) is 77.7 Å². The Kier molecular flexibility index (Phi) is 3.92. The van der Waals surface area contributed by atoms with Crippen LogP contribution in [0.4, 0.5) is 0 Å². The van der Waals surface area contributed by atoms with Gasteiger partial charge in [-0.1, -0.05) is 48.5 Å². The summed E-state index contributed by atoms with van der Waals surface area (Å²) in [6, 6.07) is 20.8. The van der Waals surface area contributed by atoms with Gasteiger partial charge in [0.25, 0.3) is 0 Å². The van der Waals surface area contributed by atoms with E-state index < -0.39 is 0 Å². The quantitative estimate of drug-likeness (QED) is 0.421. The van der Waals surface area contributed by atoms with Crippen molar-refractivity contribution in [1.82, 2.24) is 4.98 Å². The fourth-order valence-corrected chi connectivity index (χ4v) is 2.54. The van der Waals surface area contributed by atoms with Crippen molar-refractivity contribution in [3.8, 4) is 0 Å². The average Bonchev–Trinajstić information content (AvgIpc) is 2.88. The molecule has 1 heterocycles. The molecular formula is C20H19NO. The fraction of sp³-hybridized carbons (Fsp3) is 0.150. The van der Waals surface area contributed by atoms with E-state index in [1.807, 2.05) is 32.0 Å². The molecule has 0 saturated heterocycles. The molecular weight excluding hydrogens is 270 g/mol. The molecule has 0 atom stereocenters. The number of aromatic nitrogens is 1. The van der Waals surface area contributed by atoms with Crippen molar-refractivity contribution >= 4 is 21.9 Å². The van der Waals surface area contributed by atoms with Gasteiger partial charge in [0.15, 0.2) is 11.5 Å². The summed E-state index contributed by atoms with van der Waals surface area (Å²) in [5.41, 5.74) is 4.38. The van der Waals surface area contributed by atoms with Gasteiger partial charge in [0, 0.05) is 6.92 Å². The van der Waals surface area contributed by atoms with Crippen LogP contribution in [-0.2, 0) is 0 Å². The zero-order chi connectivity index (χ0) is 15.5. The predicted octanol–water partition coefficient (Wildman–Crippen LogP) is 5.59. The van der Waals surface area contributed by atoms with Crippen LogP contribution in [0, 0.1) is 20.8 Å². The van der Waals surface area contributed by atoms with Crippen LogP contribution in [0.15, 0.2) is 65.1 Å². The maximum absolute atomic E-state index is 5.31. The normalized spacial score (nSPS) is 10.5. The molecule has 3 aromatic carbocycles. The van der Waals surface area contributed by atoms with Gasteiger partial charge in [0.1, 0.15) is 5.52 Å². The van der Waals surface area contributed by atoms with Crippen LogP contribution in [0.2, 0.25) is 0 Å². The predicted molar refractivity (Wildman–Crippen MR) is 92.2 cm³/mol. The molecule has 2 nitrogen and oxygen atoms in total. The van der Waals surface area contributed by atoms with E-state index >= 15 is 0 Å². The minimum absolute atomic E-state index is 0.727. The van der Waals surface area contributed by atoms with E-state index in [1.165, 1.54) is 21.9 Å². The highest BCUT2D eigenvalue weighted by atomic mass is 16.3. The lowest BCUT2D eigenvalue weighted by Crippen LogP contribution is -1.75. The minimum Gasteiger partial charge on any atom is -0.441 e. The van der Waals surface area contributed by atoms with Gasteiger partial charge in [-0.2, -0.15) is 0 Å². The van der Waals surface area contributed by atoms with Crippen LogP contribution in [0.3, 0.4) is 0 Å². The average molecular weight is 289 g/mol. The van der Waals surface area contributed by atoms with E-state index in [-0.39, 0.29) is 0 Å². The van der Waals surface area contributed by atoms with Crippen LogP contribution in [-0.4, -0.2) is 4.98 Å². The number of hydrogen-bond donors (Lipinski definition) is 0. The summed E-state index contributed by atoms with van der Waals surface area (Å²) in [4.78, 5) is 4.21. The van der Waals surface area contributed by atoms with Crippen molar-refractivity contribution in [1.29, 1.82) is 0 Å². The molecule has 4 rings (SSSR count). The molecule has 0 N–H and O–H groups in total. The molecule has 1 aromatic heterocycles. The van der Waals surface area contributed by atoms with Gasteiger partial charge in [0.05, 0.1) is 0 Å². The summed E-state index contributed by atoms with van der Waals surface area (Å²) < 4.78 is 5.31. The molecule has 0 radical (unpaired) electrons. The Morgan fingerprint density at radius 2 is 1.59 bits per heavy atom. The first-order valence-electron chi connectivity index (χ1n) is 7.41. The molecule has 22 heavy (non-hydrogen) atoms. The van der Waals surface area contributed by atoms with Crippen LogP contribution in [0.5, 0.6) is 0 Å². The molecule has 110 valence electrons. The van der Waals surface area contributed by atoms with E-state index in [2.05, 4.69) is 54.4 Å². The first kappa shape index (κ1) is 14.3. The maximum atomic E-state index is 5.31. The van der Waals surface area contributed by atoms with Crippen molar-refractivity contribution in [3.63, 3.8) is 0 Å². The van der Waals surface area contributed by atoms with Gasteiger partial charge in [-0.15, -0.1) is 0 Å². The number of oxazole rings is 1. The number of nitrogens with zero attached hydrogens (tertiary/aromatic N) is 1. The summed E-state index contributed by atoms with van der Waals surface area (Å²) in [6.07, 6.45) is 0. The van der Waals surface area contributed by atoms with Crippen molar-refractivity contribution < 1.29 is 4.42 Å². The van der Waals surface area contributed by atoms with E-state index in [9.17, 15) is 0 Å². The third-order valence-electron chi connectivity index (χ3n) is 3.66. The fourth-order valence-electron chi connectivity index (χ4n) is 2.54. The highest BCUT2D eigenvalue weighted by Gasteiger charge is 1.99. The molecule has 0 unspecified atom stereocenters. The van der Waals surface area contributed by atoms with E-state index in [0.29, 0.717) is 0 Å². The molecule has 4 aromatic rings. The minimum atomic E-state index is 0.727. The van der Waals surface area contributed by atoms with Gasteiger partial charge in [-0.3, -0.25) is 0 Å². The zero-order valence-electron chi connectivity index (χ0n) is 13.1. The Bertz CT molecular complexity index is 916. The third kappa shape index (κ3) is 3.01. The Balaban J connectivity index is 0.000000131.